The van der Waals surface area contributed by atoms with Gasteiger partial charge in [0.05, 0.1) is 31.7 Å². The molecule has 6 nitrogen and oxygen atoms in total. The molecule has 152 valence electrons. The van der Waals surface area contributed by atoms with Crippen LogP contribution in [0, 0.1) is 0 Å². The number of methoxy groups -OCH3 is 2. The van der Waals surface area contributed by atoms with Crippen LogP contribution < -0.4 is 14.8 Å². The average molecular weight is 426 g/mol. The summed E-state index contributed by atoms with van der Waals surface area (Å²) in [5, 5.41) is 6.41. The SMILES string of the molecule is COc1ccc(NC(=O)c2cnn(-c3cccc(Cl)c3)c2C(F)(F)F)cc1OC. The minimum absolute atomic E-state index is 0.0787. The summed E-state index contributed by atoms with van der Waals surface area (Å²) >= 11 is 5.87. The van der Waals surface area contributed by atoms with Crippen molar-refractivity contribution in [3.63, 3.8) is 0 Å². The predicted octanol–water partition coefficient (Wildman–Crippen LogP) is 4.81. The highest BCUT2D eigenvalue weighted by atomic mass is 35.5. The van der Waals surface area contributed by atoms with Gasteiger partial charge in [0.2, 0.25) is 0 Å². The van der Waals surface area contributed by atoms with Crippen LogP contribution in [0.3, 0.4) is 0 Å². The normalized spacial score (nSPS) is 11.2. The molecule has 0 aliphatic carbocycles. The van der Waals surface area contributed by atoms with E-state index in [0.29, 0.717) is 16.2 Å². The Labute approximate surface area is 168 Å². The van der Waals surface area contributed by atoms with E-state index in [1.165, 1.54) is 56.7 Å². The van der Waals surface area contributed by atoms with Crippen molar-refractivity contribution < 1.29 is 27.4 Å². The molecule has 2 aromatic carbocycles. The van der Waals surface area contributed by atoms with Crippen LogP contribution in [-0.4, -0.2) is 29.9 Å². The third kappa shape index (κ3) is 4.29. The van der Waals surface area contributed by atoms with E-state index in [4.69, 9.17) is 21.1 Å². The number of anilines is 1. The fourth-order valence-corrected chi connectivity index (χ4v) is 2.89. The van der Waals surface area contributed by atoms with Gasteiger partial charge in [0, 0.05) is 16.8 Å². The van der Waals surface area contributed by atoms with Crippen LogP contribution in [0.25, 0.3) is 5.69 Å². The molecule has 0 saturated heterocycles. The van der Waals surface area contributed by atoms with E-state index in [1.54, 1.807) is 0 Å². The first-order valence-electron chi connectivity index (χ1n) is 8.19. The van der Waals surface area contributed by atoms with Crippen molar-refractivity contribution in [1.82, 2.24) is 9.78 Å². The van der Waals surface area contributed by atoms with Crippen molar-refractivity contribution in [2.24, 2.45) is 0 Å². The van der Waals surface area contributed by atoms with Crippen LogP contribution in [0.15, 0.2) is 48.7 Å². The maximum atomic E-state index is 13.7. The largest absolute Gasteiger partial charge is 0.493 e. The minimum atomic E-state index is -4.83. The highest BCUT2D eigenvalue weighted by molar-refractivity contribution is 6.30. The van der Waals surface area contributed by atoms with E-state index in [2.05, 4.69) is 10.4 Å². The summed E-state index contributed by atoms with van der Waals surface area (Å²) < 4.78 is 52.1. The Morgan fingerprint density at radius 1 is 1.10 bits per heavy atom. The lowest BCUT2D eigenvalue weighted by atomic mass is 10.2. The van der Waals surface area contributed by atoms with Gasteiger partial charge in [0.1, 0.15) is 0 Å². The van der Waals surface area contributed by atoms with Gasteiger partial charge in [-0.3, -0.25) is 4.79 Å². The third-order valence-corrected chi connectivity index (χ3v) is 4.21. The van der Waals surface area contributed by atoms with Crippen molar-refractivity contribution in [3.05, 3.63) is 64.9 Å². The maximum absolute atomic E-state index is 13.7. The van der Waals surface area contributed by atoms with Crippen molar-refractivity contribution in [2.75, 3.05) is 19.5 Å². The quantitative estimate of drug-likeness (QED) is 0.637. The molecule has 0 spiro atoms. The highest BCUT2D eigenvalue weighted by Gasteiger charge is 2.40. The second-order valence-electron chi connectivity index (χ2n) is 5.82. The number of benzene rings is 2. The Kier molecular flexibility index (Phi) is 5.69. The van der Waals surface area contributed by atoms with Crippen LogP contribution in [-0.2, 0) is 6.18 Å². The number of aromatic nitrogens is 2. The molecule has 0 radical (unpaired) electrons. The Bertz CT molecular complexity index is 1050. The fourth-order valence-electron chi connectivity index (χ4n) is 2.70. The summed E-state index contributed by atoms with van der Waals surface area (Å²) in [4.78, 5) is 12.6. The molecule has 0 aliphatic rings. The number of rotatable bonds is 5. The molecule has 0 bridgehead atoms. The van der Waals surface area contributed by atoms with E-state index in [0.717, 1.165) is 6.20 Å². The zero-order valence-corrected chi connectivity index (χ0v) is 16.0. The van der Waals surface area contributed by atoms with Crippen molar-refractivity contribution in [3.8, 4) is 17.2 Å². The monoisotopic (exact) mass is 425 g/mol. The molecule has 0 aliphatic heterocycles. The van der Waals surface area contributed by atoms with E-state index in [1.807, 2.05) is 0 Å². The van der Waals surface area contributed by atoms with Crippen LogP contribution in [0.2, 0.25) is 5.02 Å². The van der Waals surface area contributed by atoms with E-state index in [9.17, 15) is 18.0 Å². The number of hydrogen-bond acceptors (Lipinski definition) is 4. The molecule has 3 aromatic rings. The lowest BCUT2D eigenvalue weighted by Crippen LogP contribution is -2.20. The van der Waals surface area contributed by atoms with E-state index < -0.39 is 23.3 Å². The molecule has 0 unspecified atom stereocenters. The van der Waals surface area contributed by atoms with Gasteiger partial charge in [-0.15, -0.1) is 0 Å². The summed E-state index contributed by atoms with van der Waals surface area (Å²) in [6, 6.07) is 10.2. The number of hydrogen-bond donors (Lipinski definition) is 1. The Morgan fingerprint density at radius 3 is 2.45 bits per heavy atom. The number of amides is 1. The van der Waals surface area contributed by atoms with Crippen LogP contribution >= 0.6 is 11.6 Å². The van der Waals surface area contributed by atoms with Crippen LogP contribution in [0.1, 0.15) is 16.1 Å². The molecule has 3 rings (SSSR count). The molecule has 1 N–H and O–H groups in total. The summed E-state index contributed by atoms with van der Waals surface area (Å²) in [6.45, 7) is 0. The molecule has 0 saturated carbocycles. The standard InChI is InChI=1S/C19H15ClF3N3O3/c1-28-15-7-6-12(9-16(15)29-2)25-18(27)14-10-24-26(17(14)19(21,22)23)13-5-3-4-11(20)8-13/h3-10H,1-2H3,(H,25,27). The molecule has 29 heavy (non-hydrogen) atoms. The maximum Gasteiger partial charge on any atom is 0.434 e. The van der Waals surface area contributed by atoms with Gasteiger partial charge in [0.15, 0.2) is 17.2 Å². The minimum Gasteiger partial charge on any atom is -0.493 e. The molecular formula is C19H15ClF3N3O3. The lowest BCUT2D eigenvalue weighted by Gasteiger charge is -2.14. The molecular weight excluding hydrogens is 411 g/mol. The summed E-state index contributed by atoms with van der Waals surface area (Å²) in [7, 11) is 2.84. The Hall–Kier alpha value is -3.20. The molecule has 1 amide bonds. The molecule has 10 heteroatoms. The van der Waals surface area contributed by atoms with Gasteiger partial charge in [-0.2, -0.15) is 18.3 Å². The van der Waals surface area contributed by atoms with Gasteiger partial charge in [0.25, 0.3) is 5.91 Å². The summed E-state index contributed by atoms with van der Waals surface area (Å²) in [5.74, 6) is -0.246. The third-order valence-electron chi connectivity index (χ3n) is 3.98. The van der Waals surface area contributed by atoms with E-state index in [-0.39, 0.29) is 16.4 Å². The number of alkyl halides is 3. The Morgan fingerprint density at radius 2 is 1.83 bits per heavy atom. The van der Waals surface area contributed by atoms with Crippen LogP contribution in [0.4, 0.5) is 18.9 Å². The first-order chi connectivity index (χ1) is 13.7. The zero-order valence-electron chi connectivity index (χ0n) is 15.2. The predicted molar refractivity (Wildman–Crippen MR) is 101 cm³/mol. The molecule has 0 atom stereocenters. The smallest absolute Gasteiger partial charge is 0.434 e. The number of halogens is 4. The van der Waals surface area contributed by atoms with Gasteiger partial charge in [-0.05, 0) is 30.3 Å². The van der Waals surface area contributed by atoms with Crippen molar-refractivity contribution in [1.29, 1.82) is 0 Å². The van der Waals surface area contributed by atoms with Crippen molar-refractivity contribution in [2.45, 2.75) is 6.18 Å². The Balaban J connectivity index is 1.99. The van der Waals surface area contributed by atoms with Crippen LogP contribution in [0.5, 0.6) is 11.5 Å². The fraction of sp³-hybridized carbons (Fsp3) is 0.158. The second kappa shape index (κ2) is 8.04. The molecule has 0 fully saturated rings. The lowest BCUT2D eigenvalue weighted by molar-refractivity contribution is -0.143. The summed E-state index contributed by atoms with van der Waals surface area (Å²) in [5.41, 5.74) is -1.53. The topological polar surface area (TPSA) is 65.4 Å². The number of nitrogens with zero attached hydrogens (tertiary/aromatic N) is 2. The number of carbonyl (C=O) groups is 1. The number of ether oxygens (including phenoxy) is 2. The summed E-state index contributed by atoms with van der Waals surface area (Å²) in [6.07, 6.45) is -3.97. The highest BCUT2D eigenvalue weighted by Crippen LogP contribution is 2.35. The second-order valence-corrected chi connectivity index (χ2v) is 6.26. The van der Waals surface area contributed by atoms with Gasteiger partial charge in [-0.1, -0.05) is 17.7 Å². The van der Waals surface area contributed by atoms with Gasteiger partial charge >= 0.3 is 6.18 Å². The van der Waals surface area contributed by atoms with E-state index >= 15 is 0 Å². The number of carbonyl (C=O) groups excluding carboxylic acids is 1. The van der Waals surface area contributed by atoms with Gasteiger partial charge in [-0.25, -0.2) is 4.68 Å². The van der Waals surface area contributed by atoms with Gasteiger partial charge < -0.3 is 14.8 Å². The molecule has 1 aromatic heterocycles. The zero-order chi connectivity index (χ0) is 21.2. The molecule has 1 heterocycles. The first kappa shape index (κ1) is 20.5. The first-order valence-corrected chi connectivity index (χ1v) is 8.57. The average Bonchev–Trinajstić information content (AvgIpc) is 3.14. The van der Waals surface area contributed by atoms with Crippen molar-refractivity contribution >= 4 is 23.2 Å². The number of nitrogens with one attached hydrogen (secondary N) is 1.